The van der Waals surface area contributed by atoms with E-state index in [1.165, 1.54) is 12.1 Å². The van der Waals surface area contributed by atoms with Gasteiger partial charge in [0.1, 0.15) is 5.82 Å². The SMILES string of the molecule is CSCCC(=O)Nc1cccc(F)c1. The molecule has 1 rings (SSSR count). The van der Waals surface area contributed by atoms with Crippen molar-refractivity contribution in [3.63, 3.8) is 0 Å². The number of rotatable bonds is 4. The Morgan fingerprint density at radius 2 is 2.36 bits per heavy atom. The molecule has 1 aromatic rings. The minimum atomic E-state index is -0.340. The van der Waals surface area contributed by atoms with Crippen LogP contribution in [0, 0.1) is 5.82 Å². The van der Waals surface area contributed by atoms with Gasteiger partial charge in [-0.15, -0.1) is 0 Å². The Morgan fingerprint density at radius 3 is 3.00 bits per heavy atom. The summed E-state index contributed by atoms with van der Waals surface area (Å²) in [7, 11) is 0. The van der Waals surface area contributed by atoms with Gasteiger partial charge in [-0.3, -0.25) is 4.79 Å². The largest absolute Gasteiger partial charge is 0.326 e. The molecule has 0 radical (unpaired) electrons. The summed E-state index contributed by atoms with van der Waals surface area (Å²) in [5, 5.41) is 2.63. The zero-order valence-corrected chi connectivity index (χ0v) is 8.73. The van der Waals surface area contributed by atoms with Crippen LogP contribution in [0.25, 0.3) is 0 Å². The van der Waals surface area contributed by atoms with Crippen LogP contribution in [0.5, 0.6) is 0 Å². The van der Waals surface area contributed by atoms with E-state index in [1.807, 2.05) is 6.26 Å². The molecule has 0 aliphatic rings. The Balaban J connectivity index is 2.47. The zero-order valence-electron chi connectivity index (χ0n) is 7.92. The molecule has 0 fully saturated rings. The lowest BCUT2D eigenvalue weighted by atomic mass is 10.3. The quantitative estimate of drug-likeness (QED) is 0.832. The van der Waals surface area contributed by atoms with Gasteiger partial charge >= 0.3 is 0 Å². The van der Waals surface area contributed by atoms with Crippen molar-refractivity contribution in [2.75, 3.05) is 17.3 Å². The van der Waals surface area contributed by atoms with Crippen molar-refractivity contribution in [2.24, 2.45) is 0 Å². The van der Waals surface area contributed by atoms with Crippen molar-refractivity contribution in [1.29, 1.82) is 0 Å². The van der Waals surface area contributed by atoms with Gasteiger partial charge < -0.3 is 5.32 Å². The number of benzene rings is 1. The van der Waals surface area contributed by atoms with Crippen LogP contribution in [0.2, 0.25) is 0 Å². The van der Waals surface area contributed by atoms with Crippen molar-refractivity contribution in [3.05, 3.63) is 30.1 Å². The van der Waals surface area contributed by atoms with E-state index in [0.717, 1.165) is 5.75 Å². The highest BCUT2D eigenvalue weighted by Gasteiger charge is 2.01. The summed E-state index contributed by atoms with van der Waals surface area (Å²) in [5.41, 5.74) is 0.510. The highest BCUT2D eigenvalue weighted by molar-refractivity contribution is 7.98. The molecule has 1 N–H and O–H groups in total. The third-order valence-electron chi connectivity index (χ3n) is 1.64. The fraction of sp³-hybridized carbons (Fsp3) is 0.300. The standard InChI is InChI=1S/C10H12FNOS/c1-14-6-5-10(13)12-9-4-2-3-8(11)7-9/h2-4,7H,5-6H2,1H3,(H,12,13). The van der Waals surface area contributed by atoms with Crippen LogP contribution in [0.4, 0.5) is 10.1 Å². The molecule has 0 unspecified atom stereocenters. The molecular formula is C10H12FNOS. The first-order valence-electron chi connectivity index (χ1n) is 4.26. The van der Waals surface area contributed by atoms with E-state index in [4.69, 9.17) is 0 Å². The Hall–Kier alpha value is -1.03. The zero-order chi connectivity index (χ0) is 10.4. The third-order valence-corrected chi connectivity index (χ3v) is 2.25. The molecule has 1 amide bonds. The van der Waals surface area contributed by atoms with Crippen molar-refractivity contribution in [1.82, 2.24) is 0 Å². The van der Waals surface area contributed by atoms with E-state index in [9.17, 15) is 9.18 Å². The van der Waals surface area contributed by atoms with Gasteiger partial charge in [0, 0.05) is 17.9 Å². The molecule has 0 aliphatic heterocycles. The van der Waals surface area contributed by atoms with E-state index in [-0.39, 0.29) is 11.7 Å². The summed E-state index contributed by atoms with van der Waals surface area (Å²) in [6.45, 7) is 0. The molecule has 1 aromatic carbocycles. The number of nitrogens with one attached hydrogen (secondary N) is 1. The first-order valence-corrected chi connectivity index (χ1v) is 5.66. The normalized spacial score (nSPS) is 9.86. The number of hydrogen-bond acceptors (Lipinski definition) is 2. The highest BCUT2D eigenvalue weighted by Crippen LogP contribution is 2.09. The Kier molecular flexibility index (Phi) is 4.46. The second-order valence-corrected chi connectivity index (χ2v) is 3.79. The van der Waals surface area contributed by atoms with E-state index in [0.29, 0.717) is 12.1 Å². The Bertz CT molecular complexity index is 317. The van der Waals surface area contributed by atoms with Gasteiger partial charge in [0.2, 0.25) is 5.91 Å². The minimum Gasteiger partial charge on any atom is -0.326 e. The van der Waals surface area contributed by atoms with E-state index < -0.39 is 0 Å². The maximum Gasteiger partial charge on any atom is 0.225 e. The molecule has 76 valence electrons. The van der Waals surface area contributed by atoms with Gasteiger partial charge in [0.25, 0.3) is 0 Å². The maximum atomic E-state index is 12.7. The molecule has 14 heavy (non-hydrogen) atoms. The van der Waals surface area contributed by atoms with Gasteiger partial charge in [-0.1, -0.05) is 6.07 Å². The van der Waals surface area contributed by atoms with Crippen LogP contribution in [0.1, 0.15) is 6.42 Å². The molecule has 0 bridgehead atoms. The summed E-state index contributed by atoms with van der Waals surface area (Å²) in [6.07, 6.45) is 2.40. The number of amides is 1. The number of anilines is 1. The summed E-state index contributed by atoms with van der Waals surface area (Å²) in [5.74, 6) is 0.360. The lowest BCUT2D eigenvalue weighted by Gasteiger charge is -2.03. The van der Waals surface area contributed by atoms with Gasteiger partial charge in [-0.2, -0.15) is 11.8 Å². The highest BCUT2D eigenvalue weighted by atomic mass is 32.2. The molecule has 0 heterocycles. The van der Waals surface area contributed by atoms with E-state index in [1.54, 1.807) is 23.9 Å². The van der Waals surface area contributed by atoms with Gasteiger partial charge in [-0.25, -0.2) is 4.39 Å². The first kappa shape index (κ1) is 11.0. The average molecular weight is 213 g/mol. The molecular weight excluding hydrogens is 201 g/mol. The summed E-state index contributed by atoms with van der Waals surface area (Å²) >= 11 is 1.61. The molecule has 0 aliphatic carbocycles. The summed E-state index contributed by atoms with van der Waals surface area (Å²) < 4.78 is 12.7. The Morgan fingerprint density at radius 1 is 1.57 bits per heavy atom. The van der Waals surface area contributed by atoms with Gasteiger partial charge in [0.05, 0.1) is 0 Å². The fourth-order valence-electron chi connectivity index (χ4n) is 0.984. The third kappa shape index (κ3) is 3.79. The van der Waals surface area contributed by atoms with Crippen LogP contribution in [-0.4, -0.2) is 17.9 Å². The van der Waals surface area contributed by atoms with Crippen LogP contribution in [-0.2, 0) is 4.79 Å². The molecule has 0 aromatic heterocycles. The number of carbonyl (C=O) groups excluding carboxylic acids is 1. The van der Waals surface area contributed by atoms with Crippen molar-refractivity contribution in [3.8, 4) is 0 Å². The number of halogens is 1. The average Bonchev–Trinajstić information content (AvgIpc) is 2.15. The smallest absolute Gasteiger partial charge is 0.225 e. The molecule has 4 heteroatoms. The number of carbonyl (C=O) groups is 1. The Labute approximate surface area is 86.9 Å². The van der Waals surface area contributed by atoms with Crippen LogP contribution >= 0.6 is 11.8 Å². The van der Waals surface area contributed by atoms with Crippen molar-refractivity contribution >= 4 is 23.4 Å². The van der Waals surface area contributed by atoms with Crippen LogP contribution in [0.3, 0.4) is 0 Å². The monoisotopic (exact) mass is 213 g/mol. The van der Waals surface area contributed by atoms with Crippen LogP contribution in [0.15, 0.2) is 24.3 Å². The minimum absolute atomic E-state index is 0.0787. The second-order valence-electron chi connectivity index (χ2n) is 2.80. The van der Waals surface area contributed by atoms with Gasteiger partial charge in [-0.05, 0) is 24.5 Å². The fourth-order valence-corrected chi connectivity index (χ4v) is 1.37. The van der Waals surface area contributed by atoms with Gasteiger partial charge in [0.15, 0.2) is 0 Å². The molecule has 2 nitrogen and oxygen atoms in total. The van der Waals surface area contributed by atoms with Crippen LogP contribution < -0.4 is 5.32 Å². The lowest BCUT2D eigenvalue weighted by Crippen LogP contribution is -2.12. The number of hydrogen-bond donors (Lipinski definition) is 1. The van der Waals surface area contributed by atoms with E-state index in [2.05, 4.69) is 5.32 Å². The van der Waals surface area contributed by atoms with Crippen molar-refractivity contribution < 1.29 is 9.18 Å². The topological polar surface area (TPSA) is 29.1 Å². The van der Waals surface area contributed by atoms with Crippen molar-refractivity contribution in [2.45, 2.75) is 6.42 Å². The predicted molar refractivity (Wildman–Crippen MR) is 58.0 cm³/mol. The second kappa shape index (κ2) is 5.65. The summed E-state index contributed by atoms with van der Waals surface area (Å²) in [4.78, 5) is 11.2. The molecule has 0 atom stereocenters. The summed E-state index contributed by atoms with van der Waals surface area (Å²) in [6, 6.07) is 5.88. The molecule has 0 spiro atoms. The van der Waals surface area contributed by atoms with E-state index >= 15 is 0 Å². The molecule has 0 saturated heterocycles. The predicted octanol–water partition coefficient (Wildman–Crippen LogP) is 2.52. The molecule has 0 saturated carbocycles. The number of thioether (sulfide) groups is 1. The maximum absolute atomic E-state index is 12.7. The first-order chi connectivity index (χ1) is 6.72. The lowest BCUT2D eigenvalue weighted by molar-refractivity contribution is -0.115.